The van der Waals surface area contributed by atoms with Crippen molar-refractivity contribution in [1.82, 2.24) is 0 Å². The number of hydrogen-bond donors (Lipinski definition) is 1. The van der Waals surface area contributed by atoms with E-state index in [1.54, 1.807) is 7.11 Å². The van der Waals surface area contributed by atoms with Crippen molar-refractivity contribution >= 4 is 17.7 Å². The van der Waals surface area contributed by atoms with Gasteiger partial charge in [-0.3, -0.25) is 9.59 Å². The summed E-state index contributed by atoms with van der Waals surface area (Å²) in [6.07, 6.45) is 5.26. The van der Waals surface area contributed by atoms with Gasteiger partial charge in [-0.15, -0.1) is 11.8 Å². The minimum atomic E-state index is -0.483. The Balaban J connectivity index is 1.87. The van der Waals surface area contributed by atoms with Crippen LogP contribution in [0.1, 0.15) is 56.0 Å². The van der Waals surface area contributed by atoms with Gasteiger partial charge in [0.15, 0.2) is 5.76 Å². The number of ether oxygens (including phenoxy) is 2. The first-order valence-electron chi connectivity index (χ1n) is 10.2. The number of esters is 1. The summed E-state index contributed by atoms with van der Waals surface area (Å²) in [6, 6.07) is 8.95. The second kappa shape index (κ2) is 10.6. The van der Waals surface area contributed by atoms with Gasteiger partial charge in [-0.2, -0.15) is 0 Å². The second-order valence-corrected chi connectivity index (χ2v) is 8.59. The first-order valence-corrected chi connectivity index (χ1v) is 11.2. The lowest BCUT2D eigenvalue weighted by molar-refractivity contribution is -0.141. The fourth-order valence-electron chi connectivity index (χ4n) is 4.00. The maximum absolute atomic E-state index is 12.5. The van der Waals surface area contributed by atoms with Crippen LogP contribution in [0.5, 0.6) is 11.5 Å². The molecule has 3 rings (SSSR count). The van der Waals surface area contributed by atoms with Gasteiger partial charge >= 0.3 is 5.97 Å². The lowest BCUT2D eigenvalue weighted by Gasteiger charge is -2.29. The van der Waals surface area contributed by atoms with Crippen LogP contribution < -0.4 is 10.2 Å². The van der Waals surface area contributed by atoms with E-state index in [9.17, 15) is 14.7 Å². The predicted molar refractivity (Wildman–Crippen MR) is 115 cm³/mol. The highest BCUT2D eigenvalue weighted by molar-refractivity contribution is 7.98. The van der Waals surface area contributed by atoms with E-state index >= 15 is 0 Å². The number of benzene rings is 1. The molecule has 0 radical (unpaired) electrons. The summed E-state index contributed by atoms with van der Waals surface area (Å²) < 4.78 is 16.1. The Bertz CT molecular complexity index is 916. The van der Waals surface area contributed by atoms with Crippen LogP contribution >= 0.6 is 11.8 Å². The minimum Gasteiger partial charge on any atom is -0.502 e. The molecule has 1 aromatic heterocycles. The number of thioether (sulfide) groups is 1. The largest absolute Gasteiger partial charge is 0.502 e. The molecule has 0 saturated heterocycles. The first-order chi connectivity index (χ1) is 14.5. The third-order valence-corrected chi connectivity index (χ3v) is 6.61. The smallest absolute Gasteiger partial charge is 0.306 e. The SMILES string of the molecule is COC(=O)C[C@@H](c1oc(CSc2cccc(OC)c2)cc(=O)c1O)C1CCCCC1. The van der Waals surface area contributed by atoms with Gasteiger partial charge in [0.1, 0.15) is 11.5 Å². The zero-order chi connectivity index (χ0) is 21.5. The van der Waals surface area contributed by atoms with E-state index < -0.39 is 11.2 Å². The molecule has 0 amide bonds. The Morgan fingerprint density at radius 2 is 2.00 bits per heavy atom. The summed E-state index contributed by atoms with van der Waals surface area (Å²) in [5.41, 5.74) is -0.483. The molecule has 1 atom stereocenters. The van der Waals surface area contributed by atoms with Crippen LogP contribution in [0, 0.1) is 5.92 Å². The Morgan fingerprint density at radius 1 is 1.23 bits per heavy atom. The summed E-state index contributed by atoms with van der Waals surface area (Å²) in [7, 11) is 2.96. The molecule has 0 spiro atoms. The third kappa shape index (κ3) is 5.59. The van der Waals surface area contributed by atoms with Crippen molar-refractivity contribution in [2.24, 2.45) is 5.92 Å². The van der Waals surface area contributed by atoms with Gasteiger partial charge in [-0.25, -0.2) is 0 Å². The lowest BCUT2D eigenvalue weighted by Crippen LogP contribution is -2.22. The topological polar surface area (TPSA) is 86.0 Å². The maximum atomic E-state index is 12.5. The molecule has 1 aliphatic carbocycles. The molecule has 162 valence electrons. The zero-order valence-corrected chi connectivity index (χ0v) is 18.2. The van der Waals surface area contributed by atoms with E-state index in [2.05, 4.69) is 0 Å². The predicted octanol–water partition coefficient (Wildman–Crippen LogP) is 4.87. The normalized spacial score (nSPS) is 15.5. The van der Waals surface area contributed by atoms with Crippen molar-refractivity contribution in [3.63, 3.8) is 0 Å². The van der Waals surface area contributed by atoms with Gasteiger partial charge in [0.2, 0.25) is 11.2 Å². The van der Waals surface area contributed by atoms with Gasteiger partial charge < -0.3 is 19.0 Å². The van der Waals surface area contributed by atoms with Gasteiger partial charge in [0.25, 0.3) is 0 Å². The average molecular weight is 433 g/mol. The number of aromatic hydroxyl groups is 1. The average Bonchev–Trinajstić information content (AvgIpc) is 2.78. The van der Waals surface area contributed by atoms with Crippen LogP contribution in [0.15, 0.2) is 44.4 Å². The molecule has 0 bridgehead atoms. The van der Waals surface area contributed by atoms with Crippen molar-refractivity contribution in [2.45, 2.75) is 55.1 Å². The molecule has 30 heavy (non-hydrogen) atoms. The molecule has 1 heterocycles. The minimum absolute atomic E-state index is 0.0874. The van der Waals surface area contributed by atoms with Gasteiger partial charge in [-0.1, -0.05) is 25.3 Å². The number of methoxy groups -OCH3 is 2. The molecule has 0 aliphatic heterocycles. The number of rotatable bonds is 8. The fraction of sp³-hybridized carbons (Fsp3) is 0.478. The lowest BCUT2D eigenvalue weighted by atomic mass is 9.77. The van der Waals surface area contributed by atoms with E-state index in [1.807, 2.05) is 24.3 Å². The van der Waals surface area contributed by atoms with Crippen molar-refractivity contribution in [2.75, 3.05) is 14.2 Å². The molecule has 0 unspecified atom stereocenters. The number of carbonyl (C=O) groups excluding carboxylic acids is 1. The molecular weight excluding hydrogens is 404 g/mol. The zero-order valence-electron chi connectivity index (χ0n) is 17.4. The van der Waals surface area contributed by atoms with Crippen LogP contribution in [0.4, 0.5) is 0 Å². The Kier molecular flexibility index (Phi) is 7.85. The van der Waals surface area contributed by atoms with E-state index in [4.69, 9.17) is 13.9 Å². The molecule has 1 aromatic carbocycles. The van der Waals surface area contributed by atoms with Crippen LogP contribution in [-0.4, -0.2) is 25.3 Å². The van der Waals surface area contributed by atoms with Crippen molar-refractivity contribution in [3.05, 3.63) is 52.1 Å². The van der Waals surface area contributed by atoms with Crippen molar-refractivity contribution in [1.29, 1.82) is 0 Å². The second-order valence-electron chi connectivity index (χ2n) is 7.54. The summed E-state index contributed by atoms with van der Waals surface area (Å²) >= 11 is 1.51. The highest BCUT2D eigenvalue weighted by Crippen LogP contribution is 2.41. The standard InChI is InChI=1S/C23H28O6S/c1-27-16-9-6-10-18(11-16)30-14-17-12-20(24)22(26)23(29-17)19(13-21(25)28-2)15-7-4-3-5-8-15/h6,9-12,15,19,26H,3-5,7-8,13-14H2,1-2H3/t19-/m1/s1. The molecule has 7 heteroatoms. The van der Waals surface area contributed by atoms with Gasteiger partial charge in [-0.05, 0) is 37.0 Å². The maximum Gasteiger partial charge on any atom is 0.306 e. The highest BCUT2D eigenvalue weighted by atomic mass is 32.2. The molecule has 1 saturated carbocycles. The van der Waals surface area contributed by atoms with Crippen molar-refractivity contribution in [3.8, 4) is 11.5 Å². The third-order valence-electron chi connectivity index (χ3n) is 5.59. The molecule has 1 N–H and O–H groups in total. The summed E-state index contributed by atoms with van der Waals surface area (Å²) in [5, 5.41) is 10.5. The van der Waals surface area contributed by atoms with Gasteiger partial charge in [0.05, 0.1) is 26.4 Å². The molecular formula is C23H28O6S. The van der Waals surface area contributed by atoms with Crippen molar-refractivity contribution < 1.29 is 23.8 Å². The Hall–Kier alpha value is -2.41. The first kappa shape index (κ1) is 22.3. The molecule has 2 aromatic rings. The molecule has 6 nitrogen and oxygen atoms in total. The van der Waals surface area contributed by atoms with Crippen LogP contribution in [0.2, 0.25) is 0 Å². The van der Waals surface area contributed by atoms with Gasteiger partial charge in [0, 0.05) is 16.9 Å². The monoisotopic (exact) mass is 432 g/mol. The highest BCUT2D eigenvalue weighted by Gasteiger charge is 2.32. The Morgan fingerprint density at radius 3 is 2.70 bits per heavy atom. The van der Waals surface area contributed by atoms with Crippen LogP contribution in [0.3, 0.4) is 0 Å². The quantitative estimate of drug-likeness (QED) is 0.470. The van der Waals surface area contributed by atoms with E-state index in [-0.39, 0.29) is 30.0 Å². The fourth-order valence-corrected chi connectivity index (χ4v) is 4.82. The number of carbonyl (C=O) groups is 1. The van der Waals surface area contributed by atoms with E-state index in [0.29, 0.717) is 11.5 Å². The summed E-state index contributed by atoms with van der Waals surface area (Å²) in [5.74, 6) is 0.884. The molecule has 1 fully saturated rings. The summed E-state index contributed by atoms with van der Waals surface area (Å²) in [6.45, 7) is 0. The van der Waals surface area contributed by atoms with Crippen LogP contribution in [-0.2, 0) is 15.3 Å². The van der Waals surface area contributed by atoms with E-state index in [1.165, 1.54) is 24.9 Å². The van der Waals surface area contributed by atoms with E-state index in [0.717, 1.165) is 42.7 Å². The Labute approximate surface area is 180 Å². The van der Waals surface area contributed by atoms with Crippen LogP contribution in [0.25, 0.3) is 0 Å². The molecule has 1 aliphatic rings. The number of hydrogen-bond acceptors (Lipinski definition) is 7. The summed E-state index contributed by atoms with van der Waals surface area (Å²) in [4.78, 5) is 25.5.